The summed E-state index contributed by atoms with van der Waals surface area (Å²) in [7, 11) is 1.20. The van der Waals surface area contributed by atoms with Crippen LogP contribution in [0.4, 0.5) is 8.78 Å². The molecular formula is C10H9Cl2F2NO2. The molecule has 0 aliphatic carbocycles. The van der Waals surface area contributed by atoms with Crippen molar-refractivity contribution in [3.05, 3.63) is 28.0 Å². The van der Waals surface area contributed by atoms with Gasteiger partial charge in [0.2, 0.25) is 0 Å². The lowest BCUT2D eigenvalue weighted by Gasteiger charge is -2.10. The van der Waals surface area contributed by atoms with Gasteiger partial charge in [0, 0.05) is 11.1 Å². The van der Waals surface area contributed by atoms with Crippen LogP contribution in [-0.4, -0.2) is 18.1 Å². The minimum absolute atomic E-state index is 0.0805. The Labute approximate surface area is 107 Å². The van der Waals surface area contributed by atoms with E-state index in [1.165, 1.54) is 7.11 Å². The Morgan fingerprint density at radius 2 is 2.24 bits per heavy atom. The molecule has 3 nitrogen and oxygen atoms in total. The summed E-state index contributed by atoms with van der Waals surface area (Å²) in [4.78, 5) is 14.8. The molecule has 0 amide bonds. The fourth-order valence-electron chi connectivity index (χ4n) is 1.25. The number of halogens is 4. The van der Waals surface area contributed by atoms with Crippen molar-refractivity contribution in [2.75, 3.05) is 7.11 Å². The number of rotatable bonds is 4. The standard InChI is InChI=1S/C10H9Cl2F2NO2/c1-17-8(16)3-5-2-6(10(13)14)7(4-11)9(12)15-5/h2,10H,3-4H2,1H3. The summed E-state index contributed by atoms with van der Waals surface area (Å²) in [6.07, 6.45) is -2.93. The monoisotopic (exact) mass is 283 g/mol. The van der Waals surface area contributed by atoms with E-state index < -0.39 is 12.4 Å². The van der Waals surface area contributed by atoms with Crippen LogP contribution in [0.2, 0.25) is 5.15 Å². The maximum atomic E-state index is 12.7. The van der Waals surface area contributed by atoms with Gasteiger partial charge in [-0.2, -0.15) is 0 Å². The molecule has 0 fully saturated rings. The van der Waals surface area contributed by atoms with E-state index in [0.29, 0.717) is 0 Å². The minimum atomic E-state index is -2.72. The minimum Gasteiger partial charge on any atom is -0.469 e. The predicted molar refractivity (Wildman–Crippen MR) is 59.5 cm³/mol. The average molecular weight is 284 g/mol. The Bertz CT molecular complexity index is 427. The zero-order chi connectivity index (χ0) is 13.0. The first kappa shape index (κ1) is 14.1. The number of carbonyl (C=O) groups is 1. The van der Waals surface area contributed by atoms with Crippen molar-refractivity contribution in [2.24, 2.45) is 0 Å². The zero-order valence-corrected chi connectivity index (χ0v) is 10.4. The maximum Gasteiger partial charge on any atom is 0.311 e. The molecule has 0 bridgehead atoms. The molecule has 7 heteroatoms. The van der Waals surface area contributed by atoms with Gasteiger partial charge in [-0.25, -0.2) is 13.8 Å². The molecule has 0 aliphatic heterocycles. The van der Waals surface area contributed by atoms with Gasteiger partial charge in [0.1, 0.15) is 5.15 Å². The molecule has 0 unspecified atom stereocenters. The lowest BCUT2D eigenvalue weighted by molar-refractivity contribution is -0.139. The number of nitrogens with zero attached hydrogens (tertiary/aromatic N) is 1. The summed E-state index contributed by atoms with van der Waals surface area (Å²) < 4.78 is 29.9. The van der Waals surface area contributed by atoms with Gasteiger partial charge in [-0.05, 0) is 6.07 Å². The van der Waals surface area contributed by atoms with Crippen LogP contribution in [0.25, 0.3) is 0 Å². The predicted octanol–water partition coefficient (Wildman–Crippen LogP) is 3.13. The van der Waals surface area contributed by atoms with Crippen LogP contribution < -0.4 is 0 Å². The normalized spacial score (nSPS) is 10.7. The second-order valence-electron chi connectivity index (χ2n) is 3.16. The van der Waals surface area contributed by atoms with Crippen molar-refractivity contribution in [2.45, 2.75) is 18.7 Å². The first-order valence-corrected chi connectivity index (χ1v) is 5.50. The number of methoxy groups -OCH3 is 1. The van der Waals surface area contributed by atoms with E-state index in [1.807, 2.05) is 0 Å². The summed E-state index contributed by atoms with van der Waals surface area (Å²) in [5.74, 6) is -0.739. The molecule has 0 saturated heterocycles. The summed E-state index contributed by atoms with van der Waals surface area (Å²) in [5, 5.41) is -0.114. The smallest absolute Gasteiger partial charge is 0.311 e. The van der Waals surface area contributed by atoms with Crippen LogP contribution in [0.5, 0.6) is 0 Å². The second-order valence-corrected chi connectivity index (χ2v) is 3.78. The van der Waals surface area contributed by atoms with Crippen LogP contribution in [0.15, 0.2) is 6.07 Å². The third-order valence-electron chi connectivity index (χ3n) is 2.08. The summed E-state index contributed by atoms with van der Waals surface area (Å²) >= 11 is 11.2. The molecule has 0 atom stereocenters. The highest BCUT2D eigenvalue weighted by Gasteiger charge is 2.19. The molecule has 94 valence electrons. The van der Waals surface area contributed by atoms with E-state index in [2.05, 4.69) is 9.72 Å². The van der Waals surface area contributed by atoms with Gasteiger partial charge in [0.05, 0.1) is 25.1 Å². The van der Waals surface area contributed by atoms with E-state index in [1.54, 1.807) is 0 Å². The van der Waals surface area contributed by atoms with Crippen molar-refractivity contribution in [3.63, 3.8) is 0 Å². The SMILES string of the molecule is COC(=O)Cc1cc(C(F)F)c(CCl)c(Cl)n1. The van der Waals surface area contributed by atoms with E-state index in [0.717, 1.165) is 6.07 Å². The fraction of sp³-hybridized carbons (Fsp3) is 0.400. The molecule has 0 spiro atoms. The third kappa shape index (κ3) is 3.51. The zero-order valence-electron chi connectivity index (χ0n) is 8.84. The fourth-order valence-corrected chi connectivity index (χ4v) is 1.88. The van der Waals surface area contributed by atoms with Gasteiger partial charge in [-0.3, -0.25) is 4.79 Å². The quantitative estimate of drug-likeness (QED) is 0.484. The van der Waals surface area contributed by atoms with Crippen LogP contribution in [0.1, 0.15) is 23.2 Å². The highest BCUT2D eigenvalue weighted by atomic mass is 35.5. The highest BCUT2D eigenvalue weighted by molar-refractivity contribution is 6.31. The first-order valence-electron chi connectivity index (χ1n) is 4.58. The topological polar surface area (TPSA) is 39.2 Å². The first-order chi connectivity index (χ1) is 7.99. The summed E-state index contributed by atoms with van der Waals surface area (Å²) in [5.41, 5.74) is -0.0955. The molecule has 0 aromatic carbocycles. The van der Waals surface area contributed by atoms with Crippen LogP contribution in [0.3, 0.4) is 0 Å². The number of ether oxygens (including phenoxy) is 1. The molecule has 1 aromatic heterocycles. The molecule has 0 aliphatic rings. The Kier molecular flexibility index (Phi) is 5.08. The van der Waals surface area contributed by atoms with Gasteiger partial charge < -0.3 is 4.74 Å². The molecular weight excluding hydrogens is 275 g/mol. The van der Waals surface area contributed by atoms with Crippen LogP contribution in [0, 0.1) is 0 Å². The van der Waals surface area contributed by atoms with Gasteiger partial charge in [-0.15, -0.1) is 11.6 Å². The highest BCUT2D eigenvalue weighted by Crippen LogP contribution is 2.29. The Morgan fingerprint density at radius 3 is 2.71 bits per heavy atom. The molecule has 1 rings (SSSR count). The van der Waals surface area contributed by atoms with Crippen molar-refractivity contribution in [1.82, 2.24) is 4.98 Å². The summed E-state index contributed by atoms with van der Waals surface area (Å²) in [6.45, 7) is 0. The van der Waals surface area contributed by atoms with E-state index in [-0.39, 0.29) is 34.3 Å². The molecule has 0 N–H and O–H groups in total. The molecule has 0 saturated carbocycles. The lowest BCUT2D eigenvalue weighted by atomic mass is 10.1. The average Bonchev–Trinajstić information content (AvgIpc) is 2.28. The van der Waals surface area contributed by atoms with Gasteiger partial charge in [0.25, 0.3) is 6.43 Å². The number of hydrogen-bond donors (Lipinski definition) is 0. The van der Waals surface area contributed by atoms with Crippen molar-refractivity contribution in [3.8, 4) is 0 Å². The maximum absolute atomic E-state index is 12.7. The van der Waals surface area contributed by atoms with E-state index >= 15 is 0 Å². The Balaban J connectivity index is 3.15. The Morgan fingerprint density at radius 1 is 1.59 bits per heavy atom. The molecule has 0 radical (unpaired) electrons. The van der Waals surface area contributed by atoms with Gasteiger partial charge in [-0.1, -0.05) is 11.6 Å². The Hall–Kier alpha value is -0.940. The number of aromatic nitrogens is 1. The van der Waals surface area contributed by atoms with Gasteiger partial charge in [0.15, 0.2) is 0 Å². The summed E-state index contributed by atoms with van der Waals surface area (Å²) in [6, 6.07) is 1.12. The second kappa shape index (κ2) is 6.12. The van der Waals surface area contributed by atoms with E-state index in [9.17, 15) is 13.6 Å². The molecule has 17 heavy (non-hydrogen) atoms. The van der Waals surface area contributed by atoms with Crippen molar-refractivity contribution >= 4 is 29.2 Å². The van der Waals surface area contributed by atoms with Crippen LogP contribution in [-0.2, 0) is 21.8 Å². The van der Waals surface area contributed by atoms with Crippen molar-refractivity contribution in [1.29, 1.82) is 0 Å². The van der Waals surface area contributed by atoms with Crippen molar-refractivity contribution < 1.29 is 18.3 Å². The lowest BCUT2D eigenvalue weighted by Crippen LogP contribution is -2.08. The molecule has 1 aromatic rings. The number of alkyl halides is 3. The van der Waals surface area contributed by atoms with E-state index in [4.69, 9.17) is 23.2 Å². The molecule has 1 heterocycles. The largest absolute Gasteiger partial charge is 0.469 e. The number of hydrogen-bond acceptors (Lipinski definition) is 3. The third-order valence-corrected chi connectivity index (χ3v) is 2.66. The van der Waals surface area contributed by atoms with Gasteiger partial charge >= 0.3 is 5.97 Å². The van der Waals surface area contributed by atoms with Crippen LogP contribution >= 0.6 is 23.2 Å². The number of esters is 1. The number of carbonyl (C=O) groups excluding carboxylic acids is 1. The number of pyridine rings is 1.